The molecule has 1 atom stereocenters. The second-order valence-corrected chi connectivity index (χ2v) is 5.60. The van der Waals surface area contributed by atoms with Gasteiger partial charge in [0.15, 0.2) is 0 Å². The Labute approximate surface area is 116 Å². The molecular formula is C13H18N4O3. The number of hydrogen-bond donors (Lipinski definition) is 2. The third-order valence-electron chi connectivity index (χ3n) is 3.49. The number of nitrogens with zero attached hydrogens (tertiary/aromatic N) is 2. The van der Waals surface area contributed by atoms with Crippen molar-refractivity contribution >= 4 is 17.4 Å². The van der Waals surface area contributed by atoms with Crippen LogP contribution in [0.15, 0.2) is 12.3 Å². The fourth-order valence-corrected chi connectivity index (χ4v) is 1.98. The summed E-state index contributed by atoms with van der Waals surface area (Å²) in [5, 5.41) is 16.6. The summed E-state index contributed by atoms with van der Waals surface area (Å²) in [6.45, 7) is 6.58. The molecule has 1 aromatic rings. The molecule has 0 bridgehead atoms. The molecule has 108 valence electrons. The molecule has 20 heavy (non-hydrogen) atoms. The average Bonchev–Trinajstić information content (AvgIpc) is 2.96. The van der Waals surface area contributed by atoms with Crippen molar-refractivity contribution in [2.24, 2.45) is 5.41 Å². The Kier molecular flexibility index (Phi) is 3.61. The van der Waals surface area contributed by atoms with E-state index in [0.29, 0.717) is 12.4 Å². The standard InChI is InChI=1S/C13H18N4O3/c1-4-14-11-9(5-8(7-15-11)17(19)20)12(18)16-10-6-13(10,2)3/h5,7,10H,4,6H2,1-3H3,(H,14,15)(H,16,18). The zero-order valence-corrected chi connectivity index (χ0v) is 11.8. The predicted octanol–water partition coefficient (Wildman–Crippen LogP) is 1.95. The molecule has 1 unspecified atom stereocenters. The molecule has 1 saturated carbocycles. The topological polar surface area (TPSA) is 97.2 Å². The van der Waals surface area contributed by atoms with Crippen molar-refractivity contribution < 1.29 is 9.72 Å². The number of nitrogens with one attached hydrogen (secondary N) is 2. The van der Waals surface area contributed by atoms with Crippen LogP contribution in [0.3, 0.4) is 0 Å². The number of hydrogen-bond acceptors (Lipinski definition) is 5. The molecule has 2 rings (SSSR count). The van der Waals surface area contributed by atoms with E-state index in [1.807, 2.05) is 6.92 Å². The summed E-state index contributed by atoms with van der Waals surface area (Å²) in [5.41, 5.74) is 0.123. The molecule has 1 amide bonds. The van der Waals surface area contributed by atoms with Crippen molar-refractivity contribution in [3.8, 4) is 0 Å². The summed E-state index contributed by atoms with van der Waals surface area (Å²) in [6, 6.07) is 1.37. The summed E-state index contributed by atoms with van der Waals surface area (Å²) in [6.07, 6.45) is 2.06. The van der Waals surface area contributed by atoms with Gasteiger partial charge in [-0.3, -0.25) is 14.9 Å². The number of nitro groups is 1. The molecule has 1 heterocycles. The number of aromatic nitrogens is 1. The van der Waals surface area contributed by atoms with Gasteiger partial charge in [-0.15, -0.1) is 0 Å². The zero-order valence-electron chi connectivity index (χ0n) is 11.8. The van der Waals surface area contributed by atoms with Crippen LogP contribution in [0, 0.1) is 15.5 Å². The summed E-state index contributed by atoms with van der Waals surface area (Å²) in [4.78, 5) is 26.4. The number of anilines is 1. The highest BCUT2D eigenvalue weighted by atomic mass is 16.6. The SMILES string of the molecule is CCNc1ncc([N+](=O)[O-])cc1C(=O)NC1CC1(C)C. The van der Waals surface area contributed by atoms with Crippen LogP contribution in [-0.2, 0) is 0 Å². The molecule has 1 aliphatic rings. The van der Waals surface area contributed by atoms with E-state index in [2.05, 4.69) is 29.5 Å². The van der Waals surface area contributed by atoms with Crippen molar-refractivity contribution in [1.29, 1.82) is 0 Å². The monoisotopic (exact) mass is 278 g/mol. The first-order valence-electron chi connectivity index (χ1n) is 6.54. The van der Waals surface area contributed by atoms with E-state index < -0.39 is 4.92 Å². The van der Waals surface area contributed by atoms with Gasteiger partial charge in [0.05, 0.1) is 10.5 Å². The molecule has 1 aromatic heterocycles. The van der Waals surface area contributed by atoms with Crippen LogP contribution in [0.1, 0.15) is 37.6 Å². The highest BCUT2D eigenvalue weighted by Crippen LogP contribution is 2.44. The maximum Gasteiger partial charge on any atom is 0.288 e. The second-order valence-electron chi connectivity index (χ2n) is 5.60. The Morgan fingerprint density at radius 1 is 1.60 bits per heavy atom. The molecule has 0 aliphatic heterocycles. The number of carbonyl (C=O) groups excluding carboxylic acids is 1. The Hall–Kier alpha value is -2.18. The van der Waals surface area contributed by atoms with E-state index in [1.54, 1.807) is 0 Å². The number of pyridine rings is 1. The number of rotatable bonds is 5. The Morgan fingerprint density at radius 2 is 2.25 bits per heavy atom. The van der Waals surface area contributed by atoms with Crippen LogP contribution < -0.4 is 10.6 Å². The second kappa shape index (κ2) is 5.07. The van der Waals surface area contributed by atoms with Crippen LogP contribution in [0.2, 0.25) is 0 Å². The van der Waals surface area contributed by atoms with Crippen LogP contribution in [-0.4, -0.2) is 28.4 Å². The van der Waals surface area contributed by atoms with Crippen molar-refractivity contribution in [1.82, 2.24) is 10.3 Å². The molecule has 0 spiro atoms. The predicted molar refractivity (Wildman–Crippen MR) is 74.7 cm³/mol. The fraction of sp³-hybridized carbons (Fsp3) is 0.538. The van der Waals surface area contributed by atoms with Crippen LogP contribution in [0.5, 0.6) is 0 Å². The summed E-state index contributed by atoms with van der Waals surface area (Å²) < 4.78 is 0. The van der Waals surface area contributed by atoms with Crippen LogP contribution in [0.25, 0.3) is 0 Å². The van der Waals surface area contributed by atoms with E-state index in [4.69, 9.17) is 0 Å². The van der Waals surface area contributed by atoms with Gasteiger partial charge in [-0.2, -0.15) is 0 Å². The van der Waals surface area contributed by atoms with Gasteiger partial charge in [0, 0.05) is 18.7 Å². The van der Waals surface area contributed by atoms with E-state index in [0.717, 1.165) is 12.6 Å². The quantitative estimate of drug-likeness (QED) is 0.633. The maximum atomic E-state index is 12.2. The molecule has 1 aliphatic carbocycles. The number of amides is 1. The van der Waals surface area contributed by atoms with E-state index in [-0.39, 0.29) is 28.6 Å². The maximum absolute atomic E-state index is 12.2. The lowest BCUT2D eigenvalue weighted by Crippen LogP contribution is -2.29. The summed E-state index contributed by atoms with van der Waals surface area (Å²) in [5.74, 6) is 0.0433. The lowest BCUT2D eigenvalue weighted by atomic mass is 10.1. The molecule has 0 aromatic carbocycles. The smallest absolute Gasteiger partial charge is 0.288 e. The average molecular weight is 278 g/mol. The molecule has 0 saturated heterocycles. The summed E-state index contributed by atoms with van der Waals surface area (Å²) >= 11 is 0. The lowest BCUT2D eigenvalue weighted by molar-refractivity contribution is -0.385. The third-order valence-corrected chi connectivity index (χ3v) is 3.49. The summed E-state index contributed by atoms with van der Waals surface area (Å²) in [7, 11) is 0. The minimum atomic E-state index is -0.555. The van der Waals surface area contributed by atoms with Crippen molar-refractivity contribution in [3.63, 3.8) is 0 Å². The van der Waals surface area contributed by atoms with Gasteiger partial charge >= 0.3 is 0 Å². The largest absolute Gasteiger partial charge is 0.370 e. The fourth-order valence-electron chi connectivity index (χ4n) is 1.98. The molecule has 0 radical (unpaired) electrons. The van der Waals surface area contributed by atoms with E-state index in [1.165, 1.54) is 6.07 Å². The Bertz CT molecular complexity index is 557. The van der Waals surface area contributed by atoms with Gasteiger partial charge < -0.3 is 10.6 Å². The van der Waals surface area contributed by atoms with E-state index >= 15 is 0 Å². The van der Waals surface area contributed by atoms with Gasteiger partial charge in [0.2, 0.25) is 0 Å². The molecule has 2 N–H and O–H groups in total. The number of carbonyl (C=O) groups is 1. The molecule has 1 fully saturated rings. The van der Waals surface area contributed by atoms with E-state index in [9.17, 15) is 14.9 Å². The first-order valence-corrected chi connectivity index (χ1v) is 6.54. The first kappa shape index (κ1) is 14.2. The van der Waals surface area contributed by atoms with Gasteiger partial charge in [-0.05, 0) is 18.8 Å². The Balaban J connectivity index is 2.24. The van der Waals surface area contributed by atoms with Crippen molar-refractivity contribution in [2.75, 3.05) is 11.9 Å². The van der Waals surface area contributed by atoms with Crippen molar-refractivity contribution in [2.45, 2.75) is 33.2 Å². The van der Waals surface area contributed by atoms with Crippen LogP contribution >= 0.6 is 0 Å². The molecule has 7 nitrogen and oxygen atoms in total. The minimum absolute atomic E-state index is 0.0994. The van der Waals surface area contributed by atoms with Gasteiger partial charge in [0.25, 0.3) is 11.6 Å². The van der Waals surface area contributed by atoms with Gasteiger partial charge in [0.1, 0.15) is 12.0 Å². The van der Waals surface area contributed by atoms with Gasteiger partial charge in [-0.1, -0.05) is 13.8 Å². The molecular weight excluding hydrogens is 260 g/mol. The Morgan fingerprint density at radius 3 is 2.75 bits per heavy atom. The minimum Gasteiger partial charge on any atom is -0.370 e. The zero-order chi connectivity index (χ0) is 14.9. The lowest BCUT2D eigenvalue weighted by Gasteiger charge is -2.11. The first-order chi connectivity index (χ1) is 9.35. The normalized spacial score (nSPS) is 19.2. The van der Waals surface area contributed by atoms with Crippen LogP contribution in [0.4, 0.5) is 11.5 Å². The van der Waals surface area contributed by atoms with Gasteiger partial charge in [-0.25, -0.2) is 4.98 Å². The highest BCUT2D eigenvalue weighted by molar-refractivity contribution is 5.99. The van der Waals surface area contributed by atoms with Crippen molar-refractivity contribution in [3.05, 3.63) is 27.9 Å². The third kappa shape index (κ3) is 2.87. The molecule has 7 heteroatoms. The highest BCUT2D eigenvalue weighted by Gasteiger charge is 2.46.